The van der Waals surface area contributed by atoms with Gasteiger partial charge >= 0.3 is 6.03 Å². The number of rotatable bonds is 4. The fourth-order valence-electron chi connectivity index (χ4n) is 3.23. The van der Waals surface area contributed by atoms with Gasteiger partial charge in [0.25, 0.3) is 0 Å². The van der Waals surface area contributed by atoms with Gasteiger partial charge in [0, 0.05) is 31.7 Å². The number of amides is 2. The average molecular weight is 304 g/mol. The second-order valence-corrected chi connectivity index (χ2v) is 6.99. The number of aliphatic hydroxyl groups excluding tert-OH is 1. The van der Waals surface area contributed by atoms with Gasteiger partial charge in [-0.2, -0.15) is 0 Å². The van der Waals surface area contributed by atoms with Gasteiger partial charge in [0.05, 0.1) is 0 Å². The zero-order valence-electron chi connectivity index (χ0n) is 13.9. The molecule has 1 fully saturated rings. The zero-order chi connectivity index (χ0) is 16.2. The molecule has 0 saturated carbocycles. The highest BCUT2D eigenvalue weighted by molar-refractivity contribution is 5.74. The van der Waals surface area contributed by atoms with Crippen molar-refractivity contribution >= 4 is 6.03 Å². The molecule has 0 aromatic heterocycles. The number of benzene rings is 1. The van der Waals surface area contributed by atoms with E-state index in [2.05, 4.69) is 38.2 Å². The van der Waals surface area contributed by atoms with Crippen LogP contribution >= 0.6 is 0 Å². The fourth-order valence-corrected chi connectivity index (χ4v) is 3.23. The summed E-state index contributed by atoms with van der Waals surface area (Å²) in [6.07, 6.45) is 1.98. The highest BCUT2D eigenvalue weighted by Gasteiger charge is 2.26. The Balaban J connectivity index is 1.94. The molecule has 1 heterocycles. The van der Waals surface area contributed by atoms with Gasteiger partial charge < -0.3 is 15.3 Å². The lowest BCUT2D eigenvalue weighted by molar-refractivity contribution is 0.129. The molecule has 1 atom stereocenters. The lowest BCUT2D eigenvalue weighted by atomic mass is 9.82. The molecule has 2 N–H and O–H groups in total. The highest BCUT2D eigenvalue weighted by Crippen LogP contribution is 2.25. The van der Waals surface area contributed by atoms with Gasteiger partial charge in [-0.15, -0.1) is 0 Å². The molecule has 2 rings (SSSR count). The number of aryl methyl sites for hydroxylation is 1. The van der Waals surface area contributed by atoms with Gasteiger partial charge in [0.2, 0.25) is 0 Å². The van der Waals surface area contributed by atoms with Crippen LogP contribution < -0.4 is 5.32 Å². The predicted octanol–water partition coefficient (Wildman–Crippen LogP) is 2.69. The summed E-state index contributed by atoms with van der Waals surface area (Å²) in [6, 6.07) is 8.30. The monoisotopic (exact) mass is 304 g/mol. The van der Waals surface area contributed by atoms with Crippen LogP contribution in [-0.4, -0.2) is 42.3 Å². The number of likely N-dealkylation sites (tertiary alicyclic amines) is 1. The normalized spacial score (nSPS) is 19.1. The largest absolute Gasteiger partial charge is 0.396 e. The summed E-state index contributed by atoms with van der Waals surface area (Å²) in [4.78, 5) is 14.2. The van der Waals surface area contributed by atoms with Crippen molar-refractivity contribution in [3.8, 4) is 0 Å². The van der Waals surface area contributed by atoms with E-state index in [1.54, 1.807) is 0 Å². The molecule has 122 valence electrons. The molecule has 4 nitrogen and oxygen atoms in total. The first kappa shape index (κ1) is 16.8. The zero-order valence-corrected chi connectivity index (χ0v) is 13.9. The van der Waals surface area contributed by atoms with E-state index in [9.17, 15) is 9.90 Å². The smallest absolute Gasteiger partial charge is 0.317 e. The third-order valence-corrected chi connectivity index (χ3v) is 4.62. The van der Waals surface area contributed by atoms with Gasteiger partial charge in [0.15, 0.2) is 0 Å². The minimum Gasteiger partial charge on any atom is -0.396 e. The van der Waals surface area contributed by atoms with Crippen molar-refractivity contribution in [3.63, 3.8) is 0 Å². The predicted molar refractivity (Wildman–Crippen MR) is 89.0 cm³/mol. The summed E-state index contributed by atoms with van der Waals surface area (Å²) >= 11 is 0. The molecular weight excluding hydrogens is 276 g/mol. The Labute approximate surface area is 133 Å². The van der Waals surface area contributed by atoms with Crippen LogP contribution in [0.15, 0.2) is 24.3 Å². The van der Waals surface area contributed by atoms with Gasteiger partial charge in [-0.3, -0.25) is 0 Å². The number of nitrogens with one attached hydrogen (secondary N) is 1. The summed E-state index contributed by atoms with van der Waals surface area (Å²) in [7, 11) is 0. The van der Waals surface area contributed by atoms with Crippen molar-refractivity contribution in [2.24, 2.45) is 5.92 Å². The number of nitrogens with zero attached hydrogens (tertiary/aromatic N) is 1. The Bertz CT molecular complexity index is 514. The second kappa shape index (κ2) is 7.14. The van der Waals surface area contributed by atoms with Crippen LogP contribution in [0.5, 0.6) is 0 Å². The number of hydrogen-bond donors (Lipinski definition) is 2. The number of aliphatic hydroxyl groups is 1. The van der Waals surface area contributed by atoms with E-state index < -0.39 is 0 Å². The van der Waals surface area contributed by atoms with Crippen molar-refractivity contribution in [2.45, 2.75) is 39.0 Å². The topological polar surface area (TPSA) is 52.6 Å². The van der Waals surface area contributed by atoms with Gasteiger partial charge in [-0.1, -0.05) is 38.1 Å². The van der Waals surface area contributed by atoms with Gasteiger partial charge in [-0.05, 0) is 36.8 Å². The van der Waals surface area contributed by atoms with Crippen molar-refractivity contribution in [3.05, 3.63) is 35.4 Å². The van der Waals surface area contributed by atoms with E-state index in [1.165, 1.54) is 11.1 Å². The Morgan fingerprint density at radius 1 is 1.41 bits per heavy atom. The molecule has 22 heavy (non-hydrogen) atoms. The van der Waals surface area contributed by atoms with Crippen molar-refractivity contribution in [2.75, 3.05) is 26.2 Å². The first-order chi connectivity index (χ1) is 10.4. The van der Waals surface area contributed by atoms with Gasteiger partial charge in [-0.25, -0.2) is 4.79 Å². The maximum Gasteiger partial charge on any atom is 0.317 e. The van der Waals surface area contributed by atoms with E-state index in [4.69, 9.17) is 0 Å². The summed E-state index contributed by atoms with van der Waals surface area (Å²) in [5.74, 6) is 0.226. The summed E-state index contributed by atoms with van der Waals surface area (Å²) in [6.45, 7) is 8.63. The maximum absolute atomic E-state index is 12.4. The van der Waals surface area contributed by atoms with Crippen LogP contribution in [-0.2, 0) is 5.41 Å². The van der Waals surface area contributed by atoms with E-state index in [-0.39, 0.29) is 24.0 Å². The van der Waals surface area contributed by atoms with E-state index in [0.717, 1.165) is 19.4 Å². The highest BCUT2D eigenvalue weighted by atomic mass is 16.3. The Morgan fingerprint density at radius 3 is 2.82 bits per heavy atom. The molecule has 1 aliphatic heterocycles. The SMILES string of the molecule is Cc1ccccc1C(C)(C)CNC(=O)N1CCCC(CO)C1. The molecule has 0 aliphatic carbocycles. The number of hydrogen-bond acceptors (Lipinski definition) is 2. The Hall–Kier alpha value is -1.55. The molecule has 1 saturated heterocycles. The number of urea groups is 1. The van der Waals surface area contributed by atoms with Crippen LogP contribution in [0.4, 0.5) is 4.79 Å². The number of carbonyl (C=O) groups excluding carboxylic acids is 1. The quantitative estimate of drug-likeness (QED) is 0.898. The van der Waals surface area contributed by atoms with Crippen molar-refractivity contribution in [1.29, 1.82) is 0 Å². The van der Waals surface area contributed by atoms with Crippen LogP contribution in [0.2, 0.25) is 0 Å². The first-order valence-electron chi connectivity index (χ1n) is 8.14. The summed E-state index contributed by atoms with van der Waals surface area (Å²) < 4.78 is 0. The second-order valence-electron chi connectivity index (χ2n) is 6.99. The summed E-state index contributed by atoms with van der Waals surface area (Å²) in [5.41, 5.74) is 2.41. The lowest BCUT2D eigenvalue weighted by Crippen LogP contribution is -2.48. The molecule has 1 aromatic rings. The molecule has 0 radical (unpaired) electrons. The molecule has 1 aliphatic rings. The van der Waals surface area contributed by atoms with E-state index in [0.29, 0.717) is 13.1 Å². The fraction of sp³-hybridized carbons (Fsp3) is 0.611. The Kier molecular flexibility index (Phi) is 5.46. The standard InChI is InChI=1S/C18H28N2O2/c1-14-7-4-5-9-16(14)18(2,3)13-19-17(22)20-10-6-8-15(11-20)12-21/h4-5,7,9,15,21H,6,8,10-13H2,1-3H3,(H,19,22). The molecular formula is C18H28N2O2. The molecule has 1 unspecified atom stereocenters. The maximum atomic E-state index is 12.4. The molecule has 0 spiro atoms. The molecule has 4 heteroatoms. The van der Waals surface area contributed by atoms with Crippen LogP contribution in [0.1, 0.15) is 37.8 Å². The third-order valence-electron chi connectivity index (χ3n) is 4.62. The Morgan fingerprint density at radius 2 is 2.14 bits per heavy atom. The molecule has 1 aromatic carbocycles. The van der Waals surface area contributed by atoms with Crippen LogP contribution in [0, 0.1) is 12.8 Å². The third kappa shape index (κ3) is 4.01. The average Bonchev–Trinajstić information content (AvgIpc) is 2.53. The lowest BCUT2D eigenvalue weighted by Gasteiger charge is -2.34. The van der Waals surface area contributed by atoms with Crippen molar-refractivity contribution in [1.82, 2.24) is 10.2 Å². The summed E-state index contributed by atoms with van der Waals surface area (Å²) in [5, 5.41) is 12.3. The molecule has 2 amide bonds. The number of carbonyl (C=O) groups is 1. The molecule has 0 bridgehead atoms. The van der Waals surface area contributed by atoms with E-state index >= 15 is 0 Å². The minimum absolute atomic E-state index is 0.0141. The van der Waals surface area contributed by atoms with Gasteiger partial charge in [0.1, 0.15) is 0 Å². The minimum atomic E-state index is -0.104. The van der Waals surface area contributed by atoms with Crippen molar-refractivity contribution < 1.29 is 9.90 Å². The van der Waals surface area contributed by atoms with Crippen LogP contribution in [0.25, 0.3) is 0 Å². The first-order valence-corrected chi connectivity index (χ1v) is 8.14. The van der Waals surface area contributed by atoms with E-state index in [1.807, 2.05) is 17.0 Å². The van der Waals surface area contributed by atoms with Crippen LogP contribution in [0.3, 0.4) is 0 Å². The number of piperidine rings is 1.